The Kier molecular flexibility index (Phi) is 5.05. The number of nitrogens with one attached hydrogen (secondary N) is 1. The van der Waals surface area contributed by atoms with E-state index in [0.29, 0.717) is 6.04 Å². The number of aliphatic hydroxyl groups excluding tert-OH is 1. The van der Waals surface area contributed by atoms with Gasteiger partial charge in [-0.3, -0.25) is 4.98 Å². The highest BCUT2D eigenvalue weighted by Crippen LogP contribution is 2.24. The molecular weight excluding hydrogens is 204 g/mol. The third-order valence-electron chi connectivity index (χ3n) is 2.42. The molecule has 0 aliphatic rings. The third-order valence-corrected chi connectivity index (χ3v) is 2.42. The van der Waals surface area contributed by atoms with Crippen LogP contribution in [0.2, 0.25) is 0 Å². The molecule has 0 saturated carbocycles. The second kappa shape index (κ2) is 6.33. The molecule has 2 N–H and O–H groups in total. The maximum absolute atomic E-state index is 8.76. The van der Waals surface area contributed by atoms with Gasteiger partial charge >= 0.3 is 0 Å². The summed E-state index contributed by atoms with van der Waals surface area (Å²) in [6.07, 6.45) is 3.46. The van der Waals surface area contributed by atoms with Gasteiger partial charge in [0.1, 0.15) is 0 Å². The largest absolute Gasteiger partial charge is 0.493 e. The summed E-state index contributed by atoms with van der Waals surface area (Å²) < 4.78 is 5.23. The zero-order valence-electron chi connectivity index (χ0n) is 10.2. The Morgan fingerprint density at radius 2 is 2.31 bits per heavy atom. The molecule has 1 aromatic rings. The van der Waals surface area contributed by atoms with Crippen LogP contribution in [0.25, 0.3) is 0 Å². The molecule has 0 amide bonds. The molecule has 0 aliphatic carbocycles. The summed E-state index contributed by atoms with van der Waals surface area (Å²) in [5.41, 5.74) is 1.91. The minimum Gasteiger partial charge on any atom is -0.493 e. The van der Waals surface area contributed by atoms with E-state index in [1.54, 1.807) is 13.3 Å². The number of methoxy groups -OCH3 is 1. The zero-order valence-corrected chi connectivity index (χ0v) is 10.2. The van der Waals surface area contributed by atoms with Gasteiger partial charge in [-0.25, -0.2) is 0 Å². The quantitative estimate of drug-likeness (QED) is 0.775. The van der Waals surface area contributed by atoms with Crippen molar-refractivity contribution in [1.29, 1.82) is 0 Å². The first-order valence-corrected chi connectivity index (χ1v) is 5.55. The van der Waals surface area contributed by atoms with Gasteiger partial charge in [-0.1, -0.05) is 0 Å². The Labute approximate surface area is 96.7 Å². The average molecular weight is 224 g/mol. The summed E-state index contributed by atoms with van der Waals surface area (Å²) in [6.45, 7) is 4.27. The molecule has 1 aromatic heterocycles. The van der Waals surface area contributed by atoms with Crippen LogP contribution in [0.3, 0.4) is 0 Å². The smallest absolute Gasteiger partial charge is 0.160 e. The van der Waals surface area contributed by atoms with Crippen LogP contribution in [0.1, 0.15) is 25.5 Å². The molecule has 16 heavy (non-hydrogen) atoms. The number of ether oxygens (including phenoxy) is 1. The summed E-state index contributed by atoms with van der Waals surface area (Å²) in [6, 6.07) is 2.27. The first kappa shape index (κ1) is 12.8. The van der Waals surface area contributed by atoms with Crippen LogP contribution < -0.4 is 10.1 Å². The maximum Gasteiger partial charge on any atom is 0.160 e. The Morgan fingerprint density at radius 3 is 2.94 bits per heavy atom. The van der Waals surface area contributed by atoms with Crippen molar-refractivity contribution in [3.8, 4) is 5.75 Å². The molecule has 4 nitrogen and oxygen atoms in total. The van der Waals surface area contributed by atoms with E-state index >= 15 is 0 Å². The maximum atomic E-state index is 8.76. The molecular formula is C12H20N2O2. The molecule has 0 saturated heterocycles. The van der Waals surface area contributed by atoms with Crippen molar-refractivity contribution in [2.45, 2.75) is 32.7 Å². The molecule has 4 heteroatoms. The lowest BCUT2D eigenvalue weighted by atomic mass is 10.2. The zero-order chi connectivity index (χ0) is 12.0. The molecule has 1 atom stereocenters. The van der Waals surface area contributed by atoms with Crippen molar-refractivity contribution in [2.75, 3.05) is 19.0 Å². The second-order valence-electron chi connectivity index (χ2n) is 3.94. The number of rotatable bonds is 6. The fraction of sp³-hybridized carbons (Fsp3) is 0.583. The normalized spacial score (nSPS) is 12.2. The Morgan fingerprint density at radius 1 is 1.56 bits per heavy atom. The monoisotopic (exact) mass is 224 g/mol. The molecule has 0 aromatic carbocycles. The van der Waals surface area contributed by atoms with Gasteiger partial charge in [0, 0.05) is 18.3 Å². The molecule has 1 unspecified atom stereocenters. The molecule has 0 bridgehead atoms. The van der Waals surface area contributed by atoms with Gasteiger partial charge < -0.3 is 15.2 Å². The van der Waals surface area contributed by atoms with Crippen molar-refractivity contribution in [2.24, 2.45) is 0 Å². The molecule has 1 heterocycles. The van der Waals surface area contributed by atoms with E-state index in [1.807, 2.05) is 13.0 Å². The number of aliphatic hydroxyl groups is 1. The fourth-order valence-electron chi connectivity index (χ4n) is 1.56. The minimum atomic E-state index is 0.235. The molecule has 1 rings (SSSR count). The minimum absolute atomic E-state index is 0.235. The van der Waals surface area contributed by atoms with Crippen molar-refractivity contribution >= 4 is 5.69 Å². The van der Waals surface area contributed by atoms with Gasteiger partial charge in [0.2, 0.25) is 0 Å². The lowest BCUT2D eigenvalue weighted by molar-refractivity contribution is 0.282. The van der Waals surface area contributed by atoms with Crippen molar-refractivity contribution < 1.29 is 9.84 Å². The van der Waals surface area contributed by atoms with Gasteiger partial charge in [-0.15, -0.1) is 0 Å². The Hall–Kier alpha value is -1.29. The molecule has 90 valence electrons. The topological polar surface area (TPSA) is 54.4 Å². The predicted octanol–water partition coefficient (Wildman–Crippen LogP) is 1.97. The first-order chi connectivity index (χ1) is 7.67. The van der Waals surface area contributed by atoms with Crippen LogP contribution in [0, 0.1) is 6.92 Å². The number of aromatic nitrogens is 1. The van der Waals surface area contributed by atoms with Crippen molar-refractivity contribution in [1.82, 2.24) is 4.98 Å². The highest BCUT2D eigenvalue weighted by molar-refractivity contribution is 5.56. The summed E-state index contributed by atoms with van der Waals surface area (Å²) in [7, 11) is 1.63. The van der Waals surface area contributed by atoms with E-state index in [-0.39, 0.29) is 6.61 Å². The molecule has 0 aliphatic heterocycles. The van der Waals surface area contributed by atoms with Crippen molar-refractivity contribution in [3.05, 3.63) is 18.0 Å². The molecule has 0 radical (unpaired) electrons. The standard InChI is InChI=1S/C12H20N2O2/c1-9(5-4-6-15)14-11-7-10(2)13-8-12(11)16-3/h7-9,15H,4-6H2,1-3H3,(H,13,14). The summed E-state index contributed by atoms with van der Waals surface area (Å²) in [4.78, 5) is 4.18. The number of aryl methyl sites for hydroxylation is 1. The van der Waals surface area contributed by atoms with Crippen LogP contribution in [0.5, 0.6) is 5.75 Å². The lowest BCUT2D eigenvalue weighted by Crippen LogP contribution is -2.16. The van der Waals surface area contributed by atoms with Gasteiger partial charge in [-0.2, -0.15) is 0 Å². The number of hydrogen-bond acceptors (Lipinski definition) is 4. The van der Waals surface area contributed by atoms with Crippen LogP contribution in [0.4, 0.5) is 5.69 Å². The highest BCUT2D eigenvalue weighted by Gasteiger charge is 2.07. The van der Waals surface area contributed by atoms with Gasteiger partial charge in [0.05, 0.1) is 19.0 Å². The fourth-order valence-corrected chi connectivity index (χ4v) is 1.56. The molecule has 0 fully saturated rings. The van der Waals surface area contributed by atoms with E-state index in [4.69, 9.17) is 9.84 Å². The number of anilines is 1. The van der Waals surface area contributed by atoms with E-state index in [0.717, 1.165) is 30.0 Å². The predicted molar refractivity (Wildman–Crippen MR) is 64.9 cm³/mol. The van der Waals surface area contributed by atoms with Gasteiger partial charge in [-0.05, 0) is 32.8 Å². The van der Waals surface area contributed by atoms with Gasteiger partial charge in [0.15, 0.2) is 5.75 Å². The third kappa shape index (κ3) is 3.70. The van der Waals surface area contributed by atoms with E-state index in [9.17, 15) is 0 Å². The van der Waals surface area contributed by atoms with Crippen molar-refractivity contribution in [3.63, 3.8) is 0 Å². The summed E-state index contributed by atoms with van der Waals surface area (Å²) in [5, 5.41) is 12.1. The Balaban J connectivity index is 2.67. The van der Waals surface area contributed by atoms with Crippen LogP contribution in [-0.2, 0) is 0 Å². The van der Waals surface area contributed by atoms with Gasteiger partial charge in [0.25, 0.3) is 0 Å². The summed E-state index contributed by atoms with van der Waals surface area (Å²) >= 11 is 0. The van der Waals surface area contributed by atoms with E-state index < -0.39 is 0 Å². The number of hydrogen-bond donors (Lipinski definition) is 2. The SMILES string of the molecule is COc1cnc(C)cc1NC(C)CCCO. The van der Waals surface area contributed by atoms with Crippen LogP contribution in [0.15, 0.2) is 12.3 Å². The van der Waals surface area contributed by atoms with E-state index in [2.05, 4.69) is 17.2 Å². The number of pyridine rings is 1. The molecule has 0 spiro atoms. The lowest BCUT2D eigenvalue weighted by Gasteiger charge is -2.17. The highest BCUT2D eigenvalue weighted by atomic mass is 16.5. The number of nitrogens with zero attached hydrogens (tertiary/aromatic N) is 1. The first-order valence-electron chi connectivity index (χ1n) is 5.55. The Bertz CT molecular complexity index is 329. The van der Waals surface area contributed by atoms with Crippen LogP contribution in [-0.4, -0.2) is 29.8 Å². The van der Waals surface area contributed by atoms with E-state index in [1.165, 1.54) is 0 Å². The average Bonchev–Trinajstić information content (AvgIpc) is 2.27. The van der Waals surface area contributed by atoms with Crippen LogP contribution >= 0.6 is 0 Å². The second-order valence-corrected chi connectivity index (χ2v) is 3.94. The summed E-state index contributed by atoms with van der Waals surface area (Å²) in [5.74, 6) is 0.751.